The second-order valence-electron chi connectivity index (χ2n) is 8.20. The molecule has 1 aliphatic heterocycles. The first-order valence-electron chi connectivity index (χ1n) is 10.7. The van der Waals surface area contributed by atoms with Crippen LogP contribution in [0.2, 0.25) is 0 Å². The van der Waals surface area contributed by atoms with Crippen molar-refractivity contribution in [2.45, 2.75) is 17.9 Å². The van der Waals surface area contributed by atoms with Gasteiger partial charge >= 0.3 is 0 Å². The molecule has 9 heteroatoms. The Morgan fingerprint density at radius 2 is 1.88 bits per heavy atom. The van der Waals surface area contributed by atoms with Crippen molar-refractivity contribution in [3.8, 4) is 6.07 Å². The first kappa shape index (κ1) is 24.1. The van der Waals surface area contributed by atoms with Crippen LogP contribution >= 0.6 is 0 Å². The SMILES string of the molecule is CN(C)CCCNc1ccc(C#N)c(CN2CCN(S(=O)(=O)c3cccc(F)c3)CC2)c1. The number of hydrogen-bond donors (Lipinski definition) is 1. The smallest absolute Gasteiger partial charge is 0.243 e. The van der Waals surface area contributed by atoms with Gasteiger partial charge in [0.25, 0.3) is 0 Å². The molecule has 0 spiro atoms. The van der Waals surface area contributed by atoms with Gasteiger partial charge in [-0.25, -0.2) is 12.8 Å². The molecule has 2 aromatic carbocycles. The van der Waals surface area contributed by atoms with Crippen molar-refractivity contribution in [3.05, 3.63) is 59.4 Å². The van der Waals surface area contributed by atoms with Crippen molar-refractivity contribution in [2.75, 3.05) is 58.7 Å². The van der Waals surface area contributed by atoms with Gasteiger partial charge in [-0.1, -0.05) is 6.07 Å². The van der Waals surface area contributed by atoms with Crippen LogP contribution in [0, 0.1) is 17.1 Å². The van der Waals surface area contributed by atoms with E-state index in [1.807, 2.05) is 32.3 Å². The van der Waals surface area contributed by atoms with E-state index in [9.17, 15) is 18.1 Å². The van der Waals surface area contributed by atoms with Crippen molar-refractivity contribution in [2.24, 2.45) is 0 Å². The minimum Gasteiger partial charge on any atom is -0.385 e. The largest absolute Gasteiger partial charge is 0.385 e. The second kappa shape index (κ2) is 10.9. The summed E-state index contributed by atoms with van der Waals surface area (Å²) in [5.74, 6) is -0.566. The molecule has 1 saturated heterocycles. The monoisotopic (exact) mass is 459 g/mol. The lowest BCUT2D eigenvalue weighted by atomic mass is 10.1. The van der Waals surface area contributed by atoms with E-state index in [-0.39, 0.29) is 4.90 Å². The molecule has 0 bridgehead atoms. The zero-order valence-electron chi connectivity index (χ0n) is 18.6. The summed E-state index contributed by atoms with van der Waals surface area (Å²) >= 11 is 0. The summed E-state index contributed by atoms with van der Waals surface area (Å²) < 4.78 is 40.5. The Bertz CT molecular complexity index is 1060. The third kappa shape index (κ3) is 6.26. The molecule has 0 aromatic heterocycles. The number of sulfonamides is 1. The average molecular weight is 460 g/mol. The van der Waals surface area contributed by atoms with Gasteiger partial charge in [0, 0.05) is 45.0 Å². The van der Waals surface area contributed by atoms with E-state index < -0.39 is 15.8 Å². The number of nitriles is 1. The highest BCUT2D eigenvalue weighted by molar-refractivity contribution is 7.89. The van der Waals surface area contributed by atoms with Gasteiger partial charge in [0.15, 0.2) is 0 Å². The summed E-state index contributed by atoms with van der Waals surface area (Å²) in [5, 5.41) is 12.9. The Labute approximate surface area is 190 Å². The van der Waals surface area contributed by atoms with Crippen LogP contribution in [0.3, 0.4) is 0 Å². The predicted molar refractivity (Wildman–Crippen MR) is 123 cm³/mol. The predicted octanol–water partition coefficient (Wildman–Crippen LogP) is 2.57. The van der Waals surface area contributed by atoms with Crippen LogP contribution in [0.15, 0.2) is 47.4 Å². The van der Waals surface area contributed by atoms with E-state index in [4.69, 9.17) is 0 Å². The molecular weight excluding hydrogens is 429 g/mol. The minimum absolute atomic E-state index is 0.0224. The maximum atomic E-state index is 13.5. The van der Waals surface area contributed by atoms with Gasteiger partial charge in [0.1, 0.15) is 5.82 Å². The molecule has 172 valence electrons. The summed E-state index contributed by atoms with van der Waals surface area (Å²) in [7, 11) is 0.371. The molecule has 1 heterocycles. The van der Waals surface area contributed by atoms with Crippen molar-refractivity contribution < 1.29 is 12.8 Å². The molecule has 2 aromatic rings. The molecule has 1 aliphatic rings. The quantitative estimate of drug-likeness (QED) is 0.581. The third-order valence-electron chi connectivity index (χ3n) is 5.50. The fraction of sp³-hybridized carbons (Fsp3) is 0.435. The van der Waals surface area contributed by atoms with Crippen LogP contribution in [0.1, 0.15) is 17.5 Å². The number of benzene rings is 2. The second-order valence-corrected chi connectivity index (χ2v) is 10.1. The van der Waals surface area contributed by atoms with E-state index in [0.29, 0.717) is 38.3 Å². The molecule has 0 saturated carbocycles. The Morgan fingerprint density at radius 3 is 2.53 bits per heavy atom. The number of anilines is 1. The van der Waals surface area contributed by atoms with Gasteiger partial charge in [-0.2, -0.15) is 9.57 Å². The van der Waals surface area contributed by atoms with Gasteiger partial charge < -0.3 is 10.2 Å². The van der Waals surface area contributed by atoms with E-state index in [2.05, 4.69) is 21.2 Å². The summed E-state index contributed by atoms with van der Waals surface area (Å²) in [6.07, 6.45) is 1.02. The van der Waals surface area contributed by atoms with Crippen molar-refractivity contribution in [3.63, 3.8) is 0 Å². The lowest BCUT2D eigenvalue weighted by molar-refractivity contribution is 0.181. The van der Waals surface area contributed by atoms with E-state index in [1.165, 1.54) is 22.5 Å². The third-order valence-corrected chi connectivity index (χ3v) is 7.39. The molecule has 0 radical (unpaired) electrons. The molecule has 7 nitrogen and oxygen atoms in total. The van der Waals surface area contributed by atoms with Crippen LogP contribution in [-0.2, 0) is 16.6 Å². The Hall–Kier alpha value is -2.51. The Balaban J connectivity index is 1.60. The number of nitrogens with one attached hydrogen (secondary N) is 1. The highest BCUT2D eigenvalue weighted by Crippen LogP contribution is 2.21. The van der Waals surface area contributed by atoms with E-state index in [0.717, 1.165) is 36.8 Å². The van der Waals surface area contributed by atoms with Gasteiger partial charge in [-0.3, -0.25) is 4.90 Å². The summed E-state index contributed by atoms with van der Waals surface area (Å²) in [6, 6.07) is 13.1. The molecular formula is C23H30FN5O2S. The van der Waals surface area contributed by atoms with Crippen LogP contribution in [-0.4, -0.2) is 75.9 Å². The molecule has 3 rings (SSSR count). The maximum absolute atomic E-state index is 13.5. The number of hydrogen-bond acceptors (Lipinski definition) is 6. The number of nitrogens with zero attached hydrogens (tertiary/aromatic N) is 4. The van der Waals surface area contributed by atoms with E-state index >= 15 is 0 Å². The lowest BCUT2D eigenvalue weighted by Gasteiger charge is -2.34. The number of rotatable bonds is 9. The Kier molecular flexibility index (Phi) is 8.21. The zero-order valence-corrected chi connectivity index (χ0v) is 19.4. The fourth-order valence-corrected chi connectivity index (χ4v) is 5.17. The first-order valence-corrected chi connectivity index (χ1v) is 12.1. The first-order chi connectivity index (χ1) is 15.3. The van der Waals surface area contributed by atoms with Crippen LogP contribution < -0.4 is 5.32 Å². The summed E-state index contributed by atoms with van der Waals surface area (Å²) in [4.78, 5) is 4.26. The number of halogens is 1. The van der Waals surface area contributed by atoms with Gasteiger partial charge in [0.2, 0.25) is 10.0 Å². The minimum atomic E-state index is -3.72. The normalized spacial score (nSPS) is 15.6. The molecule has 0 atom stereocenters. The maximum Gasteiger partial charge on any atom is 0.243 e. The summed E-state index contributed by atoms with van der Waals surface area (Å²) in [5.41, 5.74) is 2.52. The molecule has 1 N–H and O–H groups in total. The van der Waals surface area contributed by atoms with Gasteiger partial charge in [-0.15, -0.1) is 0 Å². The Morgan fingerprint density at radius 1 is 1.12 bits per heavy atom. The molecule has 0 unspecified atom stereocenters. The van der Waals surface area contributed by atoms with Crippen molar-refractivity contribution in [1.29, 1.82) is 5.26 Å². The van der Waals surface area contributed by atoms with Gasteiger partial charge in [-0.05, 0) is 69.0 Å². The molecule has 32 heavy (non-hydrogen) atoms. The van der Waals surface area contributed by atoms with Crippen LogP contribution in [0.4, 0.5) is 10.1 Å². The molecule has 1 fully saturated rings. The highest BCUT2D eigenvalue weighted by Gasteiger charge is 2.29. The standard InChI is InChI=1S/C23H30FN5O2S/c1-27(2)10-4-9-26-22-8-7-19(17-25)20(15-22)18-28-11-13-29(14-12-28)32(30,31)23-6-3-5-21(24)16-23/h3,5-8,15-16,26H,4,9-14,18H2,1-2H3. The van der Waals surface area contributed by atoms with Crippen molar-refractivity contribution >= 4 is 15.7 Å². The zero-order chi connectivity index (χ0) is 23.1. The van der Waals surface area contributed by atoms with Gasteiger partial charge in [0.05, 0.1) is 16.5 Å². The van der Waals surface area contributed by atoms with E-state index in [1.54, 1.807) is 0 Å². The van der Waals surface area contributed by atoms with Crippen molar-refractivity contribution in [1.82, 2.24) is 14.1 Å². The molecule has 0 aliphatic carbocycles. The lowest BCUT2D eigenvalue weighted by Crippen LogP contribution is -2.48. The summed E-state index contributed by atoms with van der Waals surface area (Å²) in [6.45, 7) is 4.15. The fourth-order valence-electron chi connectivity index (χ4n) is 3.72. The average Bonchev–Trinajstić information content (AvgIpc) is 2.77. The topological polar surface area (TPSA) is 79.7 Å². The van der Waals surface area contributed by atoms with Crippen LogP contribution in [0.25, 0.3) is 0 Å². The highest BCUT2D eigenvalue weighted by atomic mass is 32.2. The van der Waals surface area contributed by atoms with Crippen LogP contribution in [0.5, 0.6) is 0 Å². The number of piperazine rings is 1. The molecule has 0 amide bonds.